The van der Waals surface area contributed by atoms with E-state index in [0.717, 1.165) is 22.0 Å². The summed E-state index contributed by atoms with van der Waals surface area (Å²) < 4.78 is 10.7. The molecule has 1 fully saturated rings. The highest BCUT2D eigenvalue weighted by Gasteiger charge is 2.32. The predicted molar refractivity (Wildman–Crippen MR) is 102 cm³/mol. The van der Waals surface area contributed by atoms with Gasteiger partial charge in [0.2, 0.25) is 0 Å². The number of hydrogen-bond donors (Lipinski definition) is 1. The second-order valence-electron chi connectivity index (χ2n) is 6.60. The van der Waals surface area contributed by atoms with Crippen molar-refractivity contribution in [3.8, 4) is 0 Å². The van der Waals surface area contributed by atoms with Crippen molar-refractivity contribution >= 4 is 34.1 Å². The van der Waals surface area contributed by atoms with Gasteiger partial charge in [-0.05, 0) is 25.5 Å². The molecule has 4 rings (SSSR count). The Morgan fingerprint density at radius 3 is 2.78 bits per heavy atom. The highest BCUT2D eigenvalue weighted by molar-refractivity contribution is 6.36. The summed E-state index contributed by atoms with van der Waals surface area (Å²) in [6.07, 6.45) is -0.0361. The average molecular weight is 387 g/mol. The molecule has 27 heavy (non-hydrogen) atoms. The Kier molecular flexibility index (Phi) is 4.72. The second-order valence-corrected chi connectivity index (χ2v) is 7.01. The number of fused-ring (bicyclic) bond motifs is 1. The molecular weight excluding hydrogens is 368 g/mol. The largest absolute Gasteiger partial charge is 0.365 e. The molecular formula is C19H19ClN4O3. The van der Waals surface area contributed by atoms with Gasteiger partial charge >= 0.3 is 6.03 Å². The van der Waals surface area contributed by atoms with E-state index in [-0.39, 0.29) is 18.7 Å². The molecule has 0 aliphatic carbocycles. The van der Waals surface area contributed by atoms with E-state index in [4.69, 9.17) is 20.9 Å². The molecule has 3 aromatic rings. The van der Waals surface area contributed by atoms with Crippen LogP contribution in [0.15, 0.2) is 34.9 Å². The van der Waals surface area contributed by atoms with Crippen molar-refractivity contribution in [1.82, 2.24) is 15.0 Å². The summed E-state index contributed by atoms with van der Waals surface area (Å²) in [5.74, 6) is 1.02. The maximum Gasteiger partial charge on any atom is 0.322 e. The molecule has 2 amide bonds. The molecule has 0 radical (unpaired) electrons. The van der Waals surface area contributed by atoms with Crippen LogP contribution in [0.5, 0.6) is 0 Å². The summed E-state index contributed by atoms with van der Waals surface area (Å²) >= 11 is 6.32. The lowest BCUT2D eigenvalue weighted by Gasteiger charge is -2.38. The molecule has 1 aromatic heterocycles. The number of ether oxygens (including phenoxy) is 1. The van der Waals surface area contributed by atoms with E-state index in [2.05, 4.69) is 15.5 Å². The number of hydrogen-bond acceptors (Lipinski definition) is 5. The minimum absolute atomic E-state index is 0.0361. The van der Waals surface area contributed by atoms with E-state index in [9.17, 15) is 4.79 Å². The Morgan fingerprint density at radius 2 is 2.07 bits per heavy atom. The lowest BCUT2D eigenvalue weighted by atomic mass is 10.0. The van der Waals surface area contributed by atoms with Crippen LogP contribution in [-0.4, -0.2) is 40.3 Å². The van der Waals surface area contributed by atoms with Crippen LogP contribution < -0.4 is 5.32 Å². The summed E-state index contributed by atoms with van der Waals surface area (Å²) in [6, 6.07) is 9.47. The fraction of sp³-hybridized carbons (Fsp3) is 0.316. The van der Waals surface area contributed by atoms with E-state index in [1.807, 2.05) is 37.3 Å². The highest BCUT2D eigenvalue weighted by Crippen LogP contribution is 2.33. The van der Waals surface area contributed by atoms with Crippen molar-refractivity contribution < 1.29 is 14.1 Å². The third-order valence-electron chi connectivity index (χ3n) is 4.57. The molecule has 2 aromatic carbocycles. The van der Waals surface area contributed by atoms with Crippen LogP contribution in [0.1, 0.15) is 17.3 Å². The fourth-order valence-corrected chi connectivity index (χ4v) is 3.44. The molecule has 8 heteroatoms. The Balaban J connectivity index is 1.37. The molecule has 1 aliphatic heterocycles. The summed E-state index contributed by atoms with van der Waals surface area (Å²) in [5.41, 5.74) is 1.71. The first kappa shape index (κ1) is 17.8. The first-order valence-electron chi connectivity index (χ1n) is 8.66. The van der Waals surface area contributed by atoms with Crippen molar-refractivity contribution in [2.24, 2.45) is 0 Å². The molecule has 0 atom stereocenters. The van der Waals surface area contributed by atoms with E-state index < -0.39 is 0 Å². The SMILES string of the molecule is Cc1noc(COC2CN(C(=O)Nc3c(C)cc(Cl)c4ccccc34)C2)n1. The summed E-state index contributed by atoms with van der Waals surface area (Å²) in [4.78, 5) is 18.4. The lowest BCUT2D eigenvalue weighted by molar-refractivity contribution is -0.0496. The first-order chi connectivity index (χ1) is 13.0. The van der Waals surface area contributed by atoms with Gasteiger partial charge in [-0.1, -0.05) is 41.0 Å². The normalized spacial score (nSPS) is 14.4. The molecule has 0 bridgehead atoms. The number of aromatic nitrogens is 2. The summed E-state index contributed by atoms with van der Waals surface area (Å²) in [5, 5.41) is 9.25. The van der Waals surface area contributed by atoms with Gasteiger partial charge in [-0.2, -0.15) is 4.98 Å². The second kappa shape index (κ2) is 7.17. The van der Waals surface area contributed by atoms with E-state index >= 15 is 0 Å². The van der Waals surface area contributed by atoms with Crippen LogP contribution in [0.2, 0.25) is 5.02 Å². The summed E-state index contributed by atoms with van der Waals surface area (Å²) in [6.45, 7) is 4.97. The minimum Gasteiger partial charge on any atom is -0.365 e. The van der Waals surface area contributed by atoms with Crippen LogP contribution in [0.4, 0.5) is 10.5 Å². The van der Waals surface area contributed by atoms with E-state index in [1.54, 1.807) is 11.8 Å². The minimum atomic E-state index is -0.154. The topological polar surface area (TPSA) is 80.5 Å². The number of benzene rings is 2. The van der Waals surface area contributed by atoms with E-state index in [1.165, 1.54) is 0 Å². The quantitative estimate of drug-likeness (QED) is 0.734. The number of nitrogens with zero attached hydrogens (tertiary/aromatic N) is 3. The first-order valence-corrected chi connectivity index (χ1v) is 9.03. The molecule has 2 heterocycles. The van der Waals surface area contributed by atoms with Gasteiger partial charge in [0, 0.05) is 15.8 Å². The summed E-state index contributed by atoms with van der Waals surface area (Å²) in [7, 11) is 0. The molecule has 140 valence electrons. The third-order valence-corrected chi connectivity index (χ3v) is 4.88. The number of likely N-dealkylation sites (tertiary alicyclic amines) is 1. The number of urea groups is 1. The van der Waals surface area contributed by atoms with Gasteiger partial charge < -0.3 is 19.5 Å². The van der Waals surface area contributed by atoms with Gasteiger partial charge in [0.05, 0.1) is 24.9 Å². The average Bonchev–Trinajstić information content (AvgIpc) is 3.02. The molecule has 1 N–H and O–H groups in total. The predicted octanol–water partition coefficient (Wildman–Crippen LogP) is 3.93. The smallest absolute Gasteiger partial charge is 0.322 e. The zero-order valence-electron chi connectivity index (χ0n) is 15.0. The third kappa shape index (κ3) is 3.61. The van der Waals surface area contributed by atoms with Crippen molar-refractivity contribution in [2.75, 3.05) is 18.4 Å². The zero-order valence-corrected chi connectivity index (χ0v) is 15.8. The maximum absolute atomic E-state index is 12.6. The van der Waals surface area contributed by atoms with Gasteiger partial charge in [0.25, 0.3) is 5.89 Å². The van der Waals surface area contributed by atoms with Crippen LogP contribution in [0, 0.1) is 13.8 Å². The Bertz CT molecular complexity index is 998. The zero-order chi connectivity index (χ0) is 19.0. The molecule has 0 spiro atoms. The Morgan fingerprint density at radius 1 is 1.33 bits per heavy atom. The Hall–Kier alpha value is -2.64. The number of amides is 2. The van der Waals surface area contributed by atoms with Gasteiger partial charge in [0.1, 0.15) is 6.61 Å². The number of aryl methyl sites for hydroxylation is 2. The van der Waals surface area contributed by atoms with Crippen molar-refractivity contribution in [1.29, 1.82) is 0 Å². The van der Waals surface area contributed by atoms with Gasteiger partial charge in [-0.3, -0.25) is 0 Å². The van der Waals surface area contributed by atoms with Crippen molar-refractivity contribution in [3.63, 3.8) is 0 Å². The van der Waals surface area contributed by atoms with Crippen molar-refractivity contribution in [3.05, 3.63) is 52.6 Å². The van der Waals surface area contributed by atoms with Gasteiger partial charge in [-0.15, -0.1) is 0 Å². The maximum atomic E-state index is 12.6. The number of rotatable bonds is 4. The number of anilines is 1. The molecule has 1 saturated heterocycles. The molecule has 7 nitrogen and oxygen atoms in total. The van der Waals surface area contributed by atoms with Crippen molar-refractivity contribution in [2.45, 2.75) is 26.6 Å². The standard InChI is InChI=1S/C19H19ClN4O3/c1-11-7-16(20)14-5-3-4-6-15(14)18(11)22-19(25)24-8-13(9-24)26-10-17-21-12(2)23-27-17/h3-7,13H,8-10H2,1-2H3,(H,22,25). The van der Waals surface area contributed by atoms with Crippen LogP contribution >= 0.6 is 11.6 Å². The van der Waals surface area contributed by atoms with Gasteiger partial charge in [-0.25, -0.2) is 4.79 Å². The van der Waals surface area contributed by atoms with Crippen LogP contribution in [0.25, 0.3) is 10.8 Å². The van der Waals surface area contributed by atoms with Crippen LogP contribution in [-0.2, 0) is 11.3 Å². The highest BCUT2D eigenvalue weighted by atomic mass is 35.5. The molecule has 0 saturated carbocycles. The monoisotopic (exact) mass is 386 g/mol. The number of nitrogens with one attached hydrogen (secondary N) is 1. The number of carbonyl (C=O) groups is 1. The lowest BCUT2D eigenvalue weighted by Crippen LogP contribution is -2.56. The number of halogens is 1. The fourth-order valence-electron chi connectivity index (χ4n) is 3.11. The Labute approximate surface area is 161 Å². The van der Waals surface area contributed by atoms with E-state index in [0.29, 0.717) is 29.8 Å². The van der Waals surface area contributed by atoms with Crippen LogP contribution in [0.3, 0.4) is 0 Å². The van der Waals surface area contributed by atoms with Gasteiger partial charge in [0.15, 0.2) is 5.82 Å². The molecule has 1 aliphatic rings. The number of carbonyl (C=O) groups excluding carboxylic acids is 1. The molecule has 0 unspecified atom stereocenters.